The molecule has 0 N–H and O–H groups in total. The smallest absolute Gasteiger partial charge is 0.0447 e. The van der Waals surface area contributed by atoms with E-state index in [0.29, 0.717) is 0 Å². The number of benzene rings is 1. The number of halogens is 1. The van der Waals surface area contributed by atoms with Gasteiger partial charge in [0.15, 0.2) is 0 Å². The van der Waals surface area contributed by atoms with Crippen molar-refractivity contribution >= 4 is 22.6 Å². The molecule has 0 amide bonds. The largest absolute Gasteiger partial charge is 0.0824 e. The topological polar surface area (TPSA) is 0 Å². The highest BCUT2D eigenvalue weighted by Crippen LogP contribution is 2.44. The third-order valence-corrected chi connectivity index (χ3v) is 7.08. The normalized spacial score (nSPS) is 24.4. The fraction of sp³-hybridized carbons (Fsp3) is 0.667. The Kier molecular flexibility index (Phi) is 8.04. The van der Waals surface area contributed by atoms with Crippen molar-refractivity contribution in [3.63, 3.8) is 0 Å². The van der Waals surface area contributed by atoms with Gasteiger partial charge in [-0.15, -0.1) is 0 Å². The van der Waals surface area contributed by atoms with Crippen molar-refractivity contribution in [1.82, 2.24) is 0 Å². The molecule has 0 bridgehead atoms. The zero-order valence-electron chi connectivity index (χ0n) is 16.9. The number of allylic oxidation sites excluding steroid dienone is 2. The van der Waals surface area contributed by atoms with Crippen molar-refractivity contribution in [3.05, 3.63) is 47.0 Å². The lowest BCUT2D eigenvalue weighted by Crippen LogP contribution is -2.26. The first kappa shape index (κ1) is 21.0. The SMILES string of the molecule is CCCC1CCC(C(C=C(C)C)CC(C)(I)c2ccc(C)cc2)CC1. The quantitative estimate of drug-likeness (QED) is 0.222. The van der Waals surface area contributed by atoms with E-state index in [1.807, 2.05) is 0 Å². The van der Waals surface area contributed by atoms with E-state index in [1.165, 1.54) is 61.6 Å². The summed E-state index contributed by atoms with van der Waals surface area (Å²) in [7, 11) is 0. The van der Waals surface area contributed by atoms with Crippen LogP contribution in [0.4, 0.5) is 0 Å². The Morgan fingerprint density at radius 1 is 1.16 bits per heavy atom. The van der Waals surface area contributed by atoms with Gasteiger partial charge in [-0.1, -0.05) is 96.7 Å². The van der Waals surface area contributed by atoms with E-state index in [9.17, 15) is 0 Å². The molecule has 0 aromatic heterocycles. The van der Waals surface area contributed by atoms with Crippen LogP contribution in [0.1, 0.15) is 83.8 Å². The monoisotopic (exact) mass is 452 g/mol. The Morgan fingerprint density at radius 2 is 1.76 bits per heavy atom. The summed E-state index contributed by atoms with van der Waals surface area (Å²) >= 11 is 2.70. The van der Waals surface area contributed by atoms with Gasteiger partial charge in [-0.2, -0.15) is 0 Å². The van der Waals surface area contributed by atoms with E-state index in [1.54, 1.807) is 0 Å². The van der Waals surface area contributed by atoms with Gasteiger partial charge < -0.3 is 0 Å². The summed E-state index contributed by atoms with van der Waals surface area (Å²) in [4.78, 5) is 0. The van der Waals surface area contributed by atoms with Gasteiger partial charge in [-0.05, 0) is 70.3 Å². The minimum absolute atomic E-state index is 0.211. The third kappa shape index (κ3) is 6.41. The highest BCUT2D eigenvalue weighted by molar-refractivity contribution is 14.1. The molecule has 0 saturated heterocycles. The van der Waals surface area contributed by atoms with Crippen molar-refractivity contribution in [2.24, 2.45) is 17.8 Å². The van der Waals surface area contributed by atoms with Crippen molar-refractivity contribution in [2.45, 2.75) is 83.0 Å². The maximum absolute atomic E-state index is 2.70. The number of hydrogen-bond acceptors (Lipinski definition) is 0. The van der Waals surface area contributed by atoms with Crippen molar-refractivity contribution in [1.29, 1.82) is 0 Å². The molecule has 0 radical (unpaired) electrons. The third-order valence-electron chi connectivity index (χ3n) is 6.01. The Bertz CT molecular complexity index is 540. The Morgan fingerprint density at radius 3 is 2.28 bits per heavy atom. The molecule has 1 aromatic rings. The molecule has 0 spiro atoms. The van der Waals surface area contributed by atoms with Crippen LogP contribution in [0.25, 0.3) is 0 Å². The summed E-state index contributed by atoms with van der Waals surface area (Å²) in [5.74, 6) is 2.59. The average molecular weight is 452 g/mol. The van der Waals surface area contributed by atoms with Gasteiger partial charge in [0.1, 0.15) is 0 Å². The zero-order valence-corrected chi connectivity index (χ0v) is 19.1. The van der Waals surface area contributed by atoms with Gasteiger partial charge in [-0.3, -0.25) is 0 Å². The molecule has 1 saturated carbocycles. The zero-order chi connectivity index (χ0) is 18.4. The molecule has 25 heavy (non-hydrogen) atoms. The van der Waals surface area contributed by atoms with Crippen LogP contribution in [0.3, 0.4) is 0 Å². The molecular formula is C24H37I. The fourth-order valence-electron chi connectivity index (χ4n) is 4.56. The van der Waals surface area contributed by atoms with E-state index < -0.39 is 0 Å². The predicted octanol–water partition coefficient (Wildman–Crippen LogP) is 8.22. The highest BCUT2D eigenvalue weighted by Gasteiger charge is 2.32. The van der Waals surface area contributed by atoms with Gasteiger partial charge in [0.25, 0.3) is 0 Å². The molecule has 0 nitrogen and oxygen atoms in total. The maximum atomic E-state index is 2.70. The standard InChI is InChI=1S/C24H37I/c1-6-7-20-10-12-21(13-11-20)22(16-18(2)3)17-24(5,25)23-14-8-19(4)9-15-23/h8-9,14-16,20-22H,6-7,10-13,17H2,1-5H3. The summed E-state index contributed by atoms with van der Waals surface area (Å²) in [5.41, 5.74) is 4.31. The first-order chi connectivity index (χ1) is 11.8. The van der Waals surface area contributed by atoms with Crippen molar-refractivity contribution < 1.29 is 0 Å². The summed E-state index contributed by atoms with van der Waals surface area (Å²) in [6.07, 6.45) is 12.4. The summed E-state index contributed by atoms with van der Waals surface area (Å²) in [6, 6.07) is 9.19. The Hall–Kier alpha value is -0.310. The van der Waals surface area contributed by atoms with Crippen LogP contribution in [0.5, 0.6) is 0 Å². The van der Waals surface area contributed by atoms with Crippen LogP contribution in [-0.4, -0.2) is 0 Å². The van der Waals surface area contributed by atoms with E-state index in [2.05, 4.69) is 87.6 Å². The van der Waals surface area contributed by atoms with Crippen molar-refractivity contribution in [2.75, 3.05) is 0 Å². The first-order valence-corrected chi connectivity index (χ1v) is 11.3. The lowest BCUT2D eigenvalue weighted by Gasteiger charge is -2.36. The first-order valence-electron chi connectivity index (χ1n) is 10.2. The maximum Gasteiger partial charge on any atom is 0.0447 e. The highest BCUT2D eigenvalue weighted by atomic mass is 127. The van der Waals surface area contributed by atoms with Crippen LogP contribution in [0.15, 0.2) is 35.9 Å². The fourth-order valence-corrected chi connectivity index (χ4v) is 5.43. The molecule has 1 aliphatic carbocycles. The molecule has 1 aromatic carbocycles. The van der Waals surface area contributed by atoms with Gasteiger partial charge in [0, 0.05) is 3.42 Å². The van der Waals surface area contributed by atoms with Crippen LogP contribution in [-0.2, 0) is 3.42 Å². The van der Waals surface area contributed by atoms with E-state index in [0.717, 1.165) is 17.8 Å². The van der Waals surface area contributed by atoms with Gasteiger partial charge in [-0.25, -0.2) is 0 Å². The van der Waals surface area contributed by atoms with Crippen LogP contribution < -0.4 is 0 Å². The van der Waals surface area contributed by atoms with Gasteiger partial charge >= 0.3 is 0 Å². The lowest BCUT2D eigenvalue weighted by atomic mass is 9.71. The summed E-state index contributed by atoms with van der Waals surface area (Å²) in [6.45, 7) is 11.5. The molecule has 2 unspecified atom stereocenters. The summed E-state index contributed by atoms with van der Waals surface area (Å²) < 4.78 is 0.211. The van der Waals surface area contributed by atoms with Gasteiger partial charge in [0.05, 0.1) is 0 Å². The Balaban J connectivity index is 2.10. The van der Waals surface area contributed by atoms with E-state index in [4.69, 9.17) is 0 Å². The van der Waals surface area contributed by atoms with Crippen LogP contribution in [0.2, 0.25) is 0 Å². The summed E-state index contributed by atoms with van der Waals surface area (Å²) in [5, 5.41) is 0. The molecule has 0 aliphatic heterocycles. The molecular weight excluding hydrogens is 415 g/mol. The molecule has 1 aliphatic rings. The van der Waals surface area contributed by atoms with Crippen LogP contribution in [0, 0.1) is 24.7 Å². The van der Waals surface area contributed by atoms with Gasteiger partial charge in [0.2, 0.25) is 0 Å². The molecule has 140 valence electrons. The molecule has 1 heteroatoms. The van der Waals surface area contributed by atoms with Crippen LogP contribution >= 0.6 is 22.6 Å². The van der Waals surface area contributed by atoms with E-state index >= 15 is 0 Å². The molecule has 0 heterocycles. The van der Waals surface area contributed by atoms with Crippen molar-refractivity contribution in [3.8, 4) is 0 Å². The molecule has 2 atom stereocenters. The second-order valence-corrected chi connectivity index (χ2v) is 11.1. The minimum atomic E-state index is 0.211. The number of hydrogen-bond donors (Lipinski definition) is 0. The number of rotatable bonds is 7. The molecule has 2 rings (SSSR count). The average Bonchev–Trinajstić information content (AvgIpc) is 2.55. The predicted molar refractivity (Wildman–Crippen MR) is 120 cm³/mol. The second-order valence-electron chi connectivity index (χ2n) is 8.74. The Labute approximate surface area is 170 Å². The minimum Gasteiger partial charge on any atom is -0.0824 e. The molecule has 1 fully saturated rings. The van der Waals surface area contributed by atoms with E-state index in [-0.39, 0.29) is 3.42 Å². The lowest BCUT2D eigenvalue weighted by molar-refractivity contribution is 0.208. The second kappa shape index (κ2) is 9.58. The number of aryl methyl sites for hydroxylation is 1. The number of alkyl halides is 1.